The average molecular weight is 387 g/mol. The lowest BCUT2D eigenvalue weighted by molar-refractivity contribution is 0.0646. The number of rotatable bonds is 8. The summed E-state index contributed by atoms with van der Waals surface area (Å²) >= 11 is 0. The molecule has 0 aromatic heterocycles. The zero-order valence-corrected chi connectivity index (χ0v) is 20.5. The average Bonchev–Trinajstić information content (AvgIpc) is 2.42. The maximum Gasteiger partial charge on any atom is 0.193 e. The van der Waals surface area contributed by atoms with Gasteiger partial charge in [0.1, 0.15) is 6.10 Å². The topological polar surface area (TPSA) is 38.7 Å². The maximum absolute atomic E-state index is 9.92. The first-order valence-corrected chi connectivity index (χ1v) is 15.2. The molecule has 0 bridgehead atoms. The number of aliphatic hydroxyl groups excluding tert-OH is 1. The van der Waals surface area contributed by atoms with Crippen molar-refractivity contribution in [2.24, 2.45) is 11.8 Å². The predicted molar refractivity (Wildman–Crippen MR) is 114 cm³/mol. The Kier molecular flexibility index (Phi) is 8.66. The standard InChI is InChI=1S/C20H42O3Si2/c1-13-18(23-25(11,12)20(6,7)8)16(2)17(14-21)15-22-24(9,10)19(3,4)5/h1,16-18,21H,14-15H2,2-12H3/t16-,17-,18+/m0/s1. The first-order chi connectivity index (χ1) is 11.0. The molecule has 0 radical (unpaired) electrons. The van der Waals surface area contributed by atoms with Crippen LogP contribution in [0.3, 0.4) is 0 Å². The van der Waals surface area contributed by atoms with Gasteiger partial charge in [-0.2, -0.15) is 0 Å². The molecule has 0 aliphatic carbocycles. The van der Waals surface area contributed by atoms with Crippen LogP contribution in [0.1, 0.15) is 48.5 Å². The second-order valence-corrected chi connectivity index (χ2v) is 19.9. The van der Waals surface area contributed by atoms with Crippen LogP contribution in [0.2, 0.25) is 36.3 Å². The first kappa shape index (κ1) is 24.9. The van der Waals surface area contributed by atoms with E-state index in [1.54, 1.807) is 0 Å². The van der Waals surface area contributed by atoms with Crippen molar-refractivity contribution in [2.75, 3.05) is 13.2 Å². The molecule has 0 aliphatic heterocycles. The molecule has 0 spiro atoms. The second kappa shape index (κ2) is 8.71. The molecule has 0 saturated carbocycles. The molecule has 0 unspecified atom stereocenters. The van der Waals surface area contributed by atoms with Gasteiger partial charge in [0.05, 0.1) is 0 Å². The summed E-state index contributed by atoms with van der Waals surface area (Å²) in [6, 6.07) is 0. The van der Waals surface area contributed by atoms with Gasteiger partial charge >= 0.3 is 0 Å². The Morgan fingerprint density at radius 2 is 1.40 bits per heavy atom. The zero-order valence-electron chi connectivity index (χ0n) is 18.5. The zero-order chi connectivity index (χ0) is 20.3. The van der Waals surface area contributed by atoms with Crippen molar-refractivity contribution in [1.82, 2.24) is 0 Å². The Bertz CT molecular complexity index is 453. The van der Waals surface area contributed by atoms with E-state index in [1.807, 2.05) is 0 Å². The molecule has 5 heteroatoms. The molecule has 25 heavy (non-hydrogen) atoms. The van der Waals surface area contributed by atoms with E-state index in [2.05, 4.69) is 80.6 Å². The monoisotopic (exact) mass is 386 g/mol. The van der Waals surface area contributed by atoms with Crippen molar-refractivity contribution >= 4 is 16.6 Å². The molecule has 3 atom stereocenters. The molecule has 0 aromatic rings. The minimum Gasteiger partial charge on any atom is -0.416 e. The molecular weight excluding hydrogens is 344 g/mol. The third kappa shape index (κ3) is 6.84. The van der Waals surface area contributed by atoms with E-state index in [4.69, 9.17) is 15.3 Å². The number of aliphatic hydroxyl groups is 1. The fourth-order valence-corrected chi connectivity index (χ4v) is 4.27. The highest BCUT2D eigenvalue weighted by Crippen LogP contribution is 2.39. The lowest BCUT2D eigenvalue weighted by atomic mass is 9.91. The molecule has 0 amide bonds. The molecule has 0 aromatic carbocycles. The Balaban J connectivity index is 5.12. The second-order valence-electron chi connectivity index (χ2n) is 10.3. The van der Waals surface area contributed by atoms with Gasteiger partial charge in [-0.05, 0) is 42.2 Å². The molecule has 0 aliphatic rings. The Morgan fingerprint density at radius 3 is 1.72 bits per heavy atom. The van der Waals surface area contributed by atoms with Crippen molar-refractivity contribution in [1.29, 1.82) is 0 Å². The number of hydrogen-bond donors (Lipinski definition) is 1. The van der Waals surface area contributed by atoms with E-state index >= 15 is 0 Å². The van der Waals surface area contributed by atoms with E-state index in [0.717, 1.165) is 0 Å². The van der Waals surface area contributed by atoms with E-state index in [-0.39, 0.29) is 34.6 Å². The Hall–Kier alpha value is -0.126. The summed E-state index contributed by atoms with van der Waals surface area (Å²) in [7, 11) is -3.80. The normalized spacial score (nSPS) is 17.7. The van der Waals surface area contributed by atoms with Gasteiger partial charge in [-0.3, -0.25) is 0 Å². The van der Waals surface area contributed by atoms with Gasteiger partial charge in [-0.1, -0.05) is 54.4 Å². The van der Waals surface area contributed by atoms with Crippen molar-refractivity contribution in [3.05, 3.63) is 0 Å². The minimum atomic E-state index is -1.96. The van der Waals surface area contributed by atoms with Gasteiger partial charge in [0.25, 0.3) is 0 Å². The van der Waals surface area contributed by atoms with Crippen molar-refractivity contribution < 1.29 is 14.0 Å². The van der Waals surface area contributed by atoms with Crippen LogP contribution in [-0.4, -0.2) is 41.1 Å². The van der Waals surface area contributed by atoms with Gasteiger partial charge in [0.2, 0.25) is 0 Å². The summed E-state index contributed by atoms with van der Waals surface area (Å²) in [5.41, 5.74) is 0. The highest BCUT2D eigenvalue weighted by atomic mass is 28.4. The lowest BCUT2D eigenvalue weighted by Crippen LogP contribution is -2.47. The molecule has 0 heterocycles. The van der Waals surface area contributed by atoms with Gasteiger partial charge in [0, 0.05) is 19.1 Å². The van der Waals surface area contributed by atoms with Crippen LogP contribution < -0.4 is 0 Å². The van der Waals surface area contributed by atoms with Crippen LogP contribution in [0.25, 0.3) is 0 Å². The van der Waals surface area contributed by atoms with Crippen LogP contribution in [0, 0.1) is 24.2 Å². The third-order valence-electron chi connectivity index (χ3n) is 6.31. The largest absolute Gasteiger partial charge is 0.416 e. The van der Waals surface area contributed by atoms with Crippen LogP contribution in [-0.2, 0) is 8.85 Å². The van der Waals surface area contributed by atoms with Crippen LogP contribution in [0.15, 0.2) is 0 Å². The van der Waals surface area contributed by atoms with Gasteiger partial charge in [-0.15, -0.1) is 6.42 Å². The summed E-state index contributed by atoms with van der Waals surface area (Å²) in [5, 5.41) is 10.2. The molecule has 148 valence electrons. The Morgan fingerprint density at radius 1 is 0.960 bits per heavy atom. The highest BCUT2D eigenvalue weighted by molar-refractivity contribution is 6.74. The predicted octanol–water partition coefficient (Wildman–Crippen LogP) is 5.28. The minimum absolute atomic E-state index is 0.0139. The van der Waals surface area contributed by atoms with Crippen LogP contribution in [0.4, 0.5) is 0 Å². The lowest BCUT2D eigenvalue weighted by Gasteiger charge is -2.41. The number of terminal acetylenes is 1. The van der Waals surface area contributed by atoms with Gasteiger partial charge in [0.15, 0.2) is 16.6 Å². The summed E-state index contributed by atoms with van der Waals surface area (Å²) in [4.78, 5) is 0. The van der Waals surface area contributed by atoms with E-state index in [1.165, 1.54) is 0 Å². The molecule has 0 fully saturated rings. The fraction of sp³-hybridized carbons (Fsp3) is 0.900. The summed E-state index contributed by atoms with van der Waals surface area (Å²) in [6.45, 7) is 24.9. The maximum atomic E-state index is 9.92. The van der Waals surface area contributed by atoms with Crippen LogP contribution in [0.5, 0.6) is 0 Å². The summed E-state index contributed by atoms with van der Waals surface area (Å²) < 4.78 is 12.8. The molecule has 1 N–H and O–H groups in total. The van der Waals surface area contributed by atoms with Gasteiger partial charge < -0.3 is 14.0 Å². The molecular formula is C20H42O3Si2. The van der Waals surface area contributed by atoms with E-state index in [9.17, 15) is 5.11 Å². The fourth-order valence-electron chi connectivity index (χ4n) is 1.94. The third-order valence-corrected chi connectivity index (χ3v) is 15.3. The highest BCUT2D eigenvalue weighted by Gasteiger charge is 2.42. The van der Waals surface area contributed by atoms with Gasteiger partial charge in [-0.25, -0.2) is 0 Å². The molecule has 3 nitrogen and oxygen atoms in total. The van der Waals surface area contributed by atoms with Crippen molar-refractivity contribution in [3.8, 4) is 12.3 Å². The summed E-state index contributed by atoms with van der Waals surface area (Å²) in [6.07, 6.45) is 5.51. The molecule has 0 saturated heterocycles. The van der Waals surface area contributed by atoms with Crippen molar-refractivity contribution in [3.63, 3.8) is 0 Å². The van der Waals surface area contributed by atoms with Crippen molar-refractivity contribution in [2.45, 2.75) is 90.8 Å². The van der Waals surface area contributed by atoms with E-state index < -0.39 is 16.6 Å². The quantitative estimate of drug-likeness (QED) is 0.456. The molecule has 0 rings (SSSR count). The number of hydrogen-bond acceptors (Lipinski definition) is 3. The smallest absolute Gasteiger partial charge is 0.193 e. The van der Waals surface area contributed by atoms with E-state index in [0.29, 0.717) is 6.61 Å². The van der Waals surface area contributed by atoms with Crippen LogP contribution >= 0.6 is 0 Å². The summed E-state index contributed by atoms with van der Waals surface area (Å²) in [5.74, 6) is 2.87. The first-order valence-electron chi connectivity index (χ1n) is 9.39. The Labute approximate surface area is 159 Å². The SMILES string of the molecule is C#C[C@@H](O[Si](C)(C)C(C)(C)C)[C@@H](C)[C@@H](CO)CO[Si](C)(C)C(C)(C)C.